The topological polar surface area (TPSA) is 31.4 Å². The van der Waals surface area contributed by atoms with Crippen molar-refractivity contribution in [1.29, 1.82) is 0 Å². The monoisotopic (exact) mass is 294 g/mol. The Labute approximate surface area is 126 Å². The molecule has 1 aromatic heterocycles. The van der Waals surface area contributed by atoms with E-state index in [0.29, 0.717) is 12.1 Å². The minimum Gasteiger partial charge on any atom is -0.355 e. The summed E-state index contributed by atoms with van der Waals surface area (Å²) in [4.78, 5) is 9.16. The van der Waals surface area contributed by atoms with Gasteiger partial charge in [0.2, 0.25) is 0 Å². The molecule has 20 heavy (non-hydrogen) atoms. The zero-order chi connectivity index (χ0) is 14.1. The normalized spacial score (nSPS) is 22.8. The molecule has 2 aliphatic rings. The summed E-state index contributed by atoms with van der Waals surface area (Å²) in [5.74, 6) is 1.06. The van der Waals surface area contributed by atoms with Gasteiger partial charge in [0.15, 0.2) is 0 Å². The molecule has 110 valence electrons. The van der Waals surface area contributed by atoms with E-state index in [4.69, 9.17) is 11.6 Å². The van der Waals surface area contributed by atoms with Crippen molar-refractivity contribution >= 4 is 17.4 Å². The summed E-state index contributed by atoms with van der Waals surface area (Å²) in [5.41, 5.74) is 1.16. The lowest BCUT2D eigenvalue weighted by atomic mass is 10.2. The first-order chi connectivity index (χ1) is 9.63. The van der Waals surface area contributed by atoms with Gasteiger partial charge in [-0.3, -0.25) is 0 Å². The molecule has 0 bridgehead atoms. The number of hydrogen-bond donors (Lipinski definition) is 1. The summed E-state index contributed by atoms with van der Waals surface area (Å²) in [6.07, 6.45) is 5.59. The van der Waals surface area contributed by atoms with Crippen LogP contribution in [0, 0.1) is 0 Å². The van der Waals surface area contributed by atoms with Gasteiger partial charge in [0, 0.05) is 37.9 Å². The molecule has 1 aromatic rings. The van der Waals surface area contributed by atoms with Gasteiger partial charge in [-0.15, -0.1) is 0 Å². The summed E-state index contributed by atoms with van der Waals surface area (Å²) in [7, 11) is 4.29. The molecular formula is C15H23ClN4. The average Bonchev–Trinajstić information content (AvgIpc) is 3.12. The lowest BCUT2D eigenvalue weighted by Crippen LogP contribution is -2.31. The van der Waals surface area contributed by atoms with Gasteiger partial charge in [-0.05, 0) is 45.0 Å². The van der Waals surface area contributed by atoms with Crippen molar-refractivity contribution in [2.75, 3.05) is 32.1 Å². The van der Waals surface area contributed by atoms with Crippen molar-refractivity contribution in [1.82, 2.24) is 15.2 Å². The van der Waals surface area contributed by atoms with E-state index < -0.39 is 0 Å². The average molecular weight is 295 g/mol. The van der Waals surface area contributed by atoms with Crippen LogP contribution >= 0.6 is 11.6 Å². The highest BCUT2D eigenvalue weighted by Crippen LogP contribution is 2.26. The van der Waals surface area contributed by atoms with E-state index in [2.05, 4.69) is 40.3 Å². The van der Waals surface area contributed by atoms with Crippen molar-refractivity contribution in [2.45, 2.75) is 37.9 Å². The molecule has 5 heteroatoms. The van der Waals surface area contributed by atoms with E-state index in [1.807, 2.05) is 0 Å². The second-order valence-electron chi connectivity index (χ2n) is 6.14. The summed E-state index contributed by atoms with van der Waals surface area (Å²) in [6, 6.07) is 3.48. The first-order valence-corrected chi connectivity index (χ1v) is 7.80. The third-order valence-electron chi connectivity index (χ3n) is 4.30. The molecule has 0 amide bonds. The predicted octanol–water partition coefficient (Wildman–Crippen LogP) is 2.13. The Morgan fingerprint density at radius 3 is 2.85 bits per heavy atom. The number of aromatic nitrogens is 1. The summed E-state index contributed by atoms with van der Waals surface area (Å²) in [6.45, 7) is 2.98. The van der Waals surface area contributed by atoms with Gasteiger partial charge >= 0.3 is 0 Å². The molecule has 0 radical (unpaired) electrons. The van der Waals surface area contributed by atoms with Crippen LogP contribution in [0.1, 0.15) is 24.8 Å². The second-order valence-corrected chi connectivity index (χ2v) is 6.55. The standard InChI is InChI=1S/C15H23ClN4/c1-19(2)13-5-6-20(10-13)15-7-11(14(16)9-18-15)8-17-12-3-4-12/h7,9,12-13,17H,3-6,8,10H2,1-2H3. The fourth-order valence-electron chi connectivity index (χ4n) is 2.69. The SMILES string of the molecule is CN(C)C1CCN(c2cc(CNC3CC3)c(Cl)cn2)C1. The highest BCUT2D eigenvalue weighted by molar-refractivity contribution is 6.31. The van der Waals surface area contributed by atoms with Gasteiger partial charge in [0.1, 0.15) is 5.82 Å². The number of likely N-dealkylation sites (N-methyl/N-ethyl adjacent to an activating group) is 1. The Morgan fingerprint density at radius 1 is 1.40 bits per heavy atom. The molecule has 4 nitrogen and oxygen atoms in total. The molecule has 3 rings (SSSR count). The predicted molar refractivity (Wildman–Crippen MR) is 83.4 cm³/mol. The lowest BCUT2D eigenvalue weighted by Gasteiger charge is -2.21. The van der Waals surface area contributed by atoms with E-state index in [-0.39, 0.29) is 0 Å². The molecule has 2 heterocycles. The van der Waals surface area contributed by atoms with Crippen LogP contribution in [-0.2, 0) is 6.54 Å². The molecule has 1 unspecified atom stereocenters. The number of halogens is 1. The van der Waals surface area contributed by atoms with E-state index in [9.17, 15) is 0 Å². The van der Waals surface area contributed by atoms with Crippen molar-refractivity contribution in [3.63, 3.8) is 0 Å². The van der Waals surface area contributed by atoms with Crippen molar-refractivity contribution in [3.8, 4) is 0 Å². The highest BCUT2D eigenvalue weighted by Gasteiger charge is 2.25. The third kappa shape index (κ3) is 3.25. The fraction of sp³-hybridized carbons (Fsp3) is 0.667. The van der Waals surface area contributed by atoms with Crippen LogP contribution in [0.15, 0.2) is 12.3 Å². The van der Waals surface area contributed by atoms with Crippen LogP contribution in [0.5, 0.6) is 0 Å². The van der Waals surface area contributed by atoms with Gasteiger partial charge in [-0.2, -0.15) is 0 Å². The van der Waals surface area contributed by atoms with Gasteiger partial charge in [-0.1, -0.05) is 11.6 Å². The molecule has 1 aliphatic heterocycles. The minimum absolute atomic E-state index is 0.625. The van der Waals surface area contributed by atoms with E-state index in [1.165, 1.54) is 19.3 Å². The minimum atomic E-state index is 0.625. The van der Waals surface area contributed by atoms with Crippen molar-refractivity contribution in [2.24, 2.45) is 0 Å². The van der Waals surface area contributed by atoms with E-state index in [1.54, 1.807) is 6.20 Å². The zero-order valence-corrected chi connectivity index (χ0v) is 13.0. The molecule has 0 spiro atoms. The maximum absolute atomic E-state index is 6.26. The first kappa shape index (κ1) is 14.1. The molecule has 1 atom stereocenters. The Bertz CT molecular complexity index is 473. The summed E-state index contributed by atoms with van der Waals surface area (Å²) >= 11 is 6.26. The van der Waals surface area contributed by atoms with E-state index >= 15 is 0 Å². The number of pyridine rings is 1. The highest BCUT2D eigenvalue weighted by atomic mass is 35.5. The second kappa shape index (κ2) is 5.88. The van der Waals surface area contributed by atoms with Crippen LogP contribution in [0.2, 0.25) is 5.02 Å². The lowest BCUT2D eigenvalue weighted by molar-refractivity contribution is 0.315. The molecule has 1 aliphatic carbocycles. The van der Waals surface area contributed by atoms with Gasteiger partial charge < -0.3 is 15.1 Å². The van der Waals surface area contributed by atoms with Gasteiger partial charge in [-0.25, -0.2) is 4.98 Å². The van der Waals surface area contributed by atoms with E-state index in [0.717, 1.165) is 36.0 Å². The number of nitrogens with zero attached hydrogens (tertiary/aromatic N) is 3. The number of hydrogen-bond acceptors (Lipinski definition) is 4. The van der Waals surface area contributed by atoms with Crippen LogP contribution in [0.3, 0.4) is 0 Å². The fourth-order valence-corrected chi connectivity index (χ4v) is 2.86. The Morgan fingerprint density at radius 2 is 2.20 bits per heavy atom. The van der Waals surface area contributed by atoms with Crippen LogP contribution in [0.25, 0.3) is 0 Å². The van der Waals surface area contributed by atoms with Crippen molar-refractivity contribution in [3.05, 3.63) is 22.8 Å². The first-order valence-electron chi connectivity index (χ1n) is 7.42. The molecule has 2 fully saturated rings. The Hall–Kier alpha value is -0.840. The number of rotatable bonds is 5. The zero-order valence-electron chi connectivity index (χ0n) is 12.3. The maximum Gasteiger partial charge on any atom is 0.128 e. The number of anilines is 1. The van der Waals surface area contributed by atoms with Crippen LogP contribution < -0.4 is 10.2 Å². The molecule has 1 N–H and O–H groups in total. The third-order valence-corrected chi connectivity index (χ3v) is 4.64. The van der Waals surface area contributed by atoms with Crippen molar-refractivity contribution < 1.29 is 0 Å². The molecular weight excluding hydrogens is 272 g/mol. The number of nitrogens with one attached hydrogen (secondary N) is 1. The van der Waals surface area contributed by atoms with Gasteiger partial charge in [0.05, 0.1) is 5.02 Å². The van der Waals surface area contributed by atoms with Gasteiger partial charge in [0.25, 0.3) is 0 Å². The van der Waals surface area contributed by atoms with Crippen LogP contribution in [-0.4, -0.2) is 49.2 Å². The summed E-state index contributed by atoms with van der Waals surface area (Å²) < 4.78 is 0. The Kier molecular flexibility index (Phi) is 4.15. The quantitative estimate of drug-likeness (QED) is 0.901. The summed E-state index contributed by atoms with van der Waals surface area (Å²) in [5, 5.41) is 4.29. The largest absolute Gasteiger partial charge is 0.355 e. The maximum atomic E-state index is 6.26. The molecule has 1 saturated heterocycles. The smallest absolute Gasteiger partial charge is 0.128 e. The van der Waals surface area contributed by atoms with Crippen LogP contribution in [0.4, 0.5) is 5.82 Å². The molecule has 1 saturated carbocycles. The Balaban J connectivity index is 1.68. The molecule has 0 aromatic carbocycles.